The van der Waals surface area contributed by atoms with Crippen molar-refractivity contribution in [2.24, 2.45) is 4.36 Å². The van der Waals surface area contributed by atoms with Crippen LogP contribution in [0.25, 0.3) is 10.8 Å². The van der Waals surface area contributed by atoms with Crippen molar-refractivity contribution >= 4 is 49.3 Å². The lowest BCUT2D eigenvalue weighted by molar-refractivity contribution is 0.0431. The van der Waals surface area contributed by atoms with Crippen molar-refractivity contribution in [1.29, 1.82) is 0 Å². The molecular weight excluding hydrogens is 372 g/mol. The summed E-state index contributed by atoms with van der Waals surface area (Å²) >= 11 is 5.82. The fourth-order valence-electron chi connectivity index (χ4n) is 2.66. The molecule has 1 aromatic carbocycles. The third-order valence-corrected chi connectivity index (χ3v) is 6.56. The van der Waals surface area contributed by atoms with Gasteiger partial charge in [-0.2, -0.15) is 4.36 Å². The molecule has 0 amide bonds. The molecule has 0 bridgehead atoms. The number of pyridine rings is 2. The number of rotatable bonds is 4. The number of ether oxygens (including phenoxy) is 1. The van der Waals surface area contributed by atoms with Gasteiger partial charge in [-0.15, -0.1) is 0 Å². The molecule has 0 radical (unpaired) electrons. The Labute approximate surface area is 156 Å². The fraction of sp³-hybridized carbons (Fsp3) is 0.222. The smallest absolute Gasteiger partial charge is 0.138 e. The average molecular weight is 389 g/mol. The number of nitrogens with zero attached hydrogens (tertiary/aromatic N) is 3. The molecule has 134 valence electrons. The summed E-state index contributed by atoms with van der Waals surface area (Å²) < 4.78 is 22.3. The molecule has 1 atom stereocenters. The van der Waals surface area contributed by atoms with Crippen LogP contribution in [0.4, 0.5) is 17.2 Å². The number of hydrogen-bond acceptors (Lipinski definition) is 6. The van der Waals surface area contributed by atoms with E-state index in [1.54, 1.807) is 24.7 Å². The molecule has 0 aliphatic carbocycles. The van der Waals surface area contributed by atoms with Crippen molar-refractivity contribution in [1.82, 2.24) is 9.97 Å². The summed E-state index contributed by atoms with van der Waals surface area (Å²) in [5.41, 5.74) is 1.49. The highest BCUT2D eigenvalue weighted by molar-refractivity contribution is 7.93. The van der Waals surface area contributed by atoms with Gasteiger partial charge in [-0.05, 0) is 41.8 Å². The molecule has 3 aromatic rings. The number of anilines is 2. The average Bonchev–Trinajstić information content (AvgIpc) is 2.54. The Balaban J connectivity index is 1.68. The van der Waals surface area contributed by atoms with Gasteiger partial charge in [0.25, 0.3) is 0 Å². The number of fused-ring (bicyclic) bond motifs is 1. The Hall–Kier alpha value is -2.22. The monoisotopic (exact) mass is 388 g/mol. The second-order valence-corrected chi connectivity index (χ2v) is 9.13. The first-order chi connectivity index (χ1) is 12.5. The highest BCUT2D eigenvalue weighted by atomic mass is 35.5. The van der Waals surface area contributed by atoms with Gasteiger partial charge in [0.1, 0.15) is 11.0 Å². The first kappa shape index (κ1) is 17.2. The van der Waals surface area contributed by atoms with E-state index in [1.165, 1.54) is 0 Å². The van der Waals surface area contributed by atoms with Crippen molar-refractivity contribution in [3.8, 4) is 0 Å². The molecule has 0 spiro atoms. The van der Waals surface area contributed by atoms with E-state index in [0.717, 1.165) is 16.5 Å². The summed E-state index contributed by atoms with van der Waals surface area (Å²) in [6, 6.07) is 11.2. The quantitative estimate of drug-likeness (QED) is 0.679. The maximum atomic E-state index is 12.7. The van der Waals surface area contributed by atoms with Gasteiger partial charge in [-0.25, -0.2) is 14.2 Å². The minimum absolute atomic E-state index is 0.00488. The number of benzene rings is 1. The number of aromatic nitrogens is 2. The van der Waals surface area contributed by atoms with Gasteiger partial charge < -0.3 is 10.1 Å². The fourth-order valence-corrected chi connectivity index (χ4v) is 4.15. The molecule has 1 saturated heterocycles. The standard InChI is InChI=1S/C18H17ClN4O2S/c1-26(24,15-10-25-11-15)23-13-2-4-16-12(8-13)6-7-20-18(16)22-14-3-5-17(19)21-9-14/h2-9,15H,10-11H2,1H3,(H,20,22)/t26-/m1/s1. The van der Waals surface area contributed by atoms with E-state index in [-0.39, 0.29) is 5.25 Å². The number of halogens is 1. The van der Waals surface area contributed by atoms with E-state index >= 15 is 0 Å². The lowest BCUT2D eigenvalue weighted by Gasteiger charge is -2.26. The van der Waals surface area contributed by atoms with E-state index in [0.29, 0.717) is 29.9 Å². The second kappa shape index (κ2) is 6.83. The first-order valence-electron chi connectivity index (χ1n) is 8.07. The molecule has 0 unspecified atom stereocenters. The molecule has 8 heteroatoms. The molecular formula is C18H17ClN4O2S. The maximum Gasteiger partial charge on any atom is 0.138 e. The van der Waals surface area contributed by atoms with Crippen LogP contribution in [-0.2, 0) is 14.5 Å². The van der Waals surface area contributed by atoms with E-state index < -0.39 is 9.73 Å². The molecule has 4 rings (SSSR count). The van der Waals surface area contributed by atoms with Crippen molar-refractivity contribution < 1.29 is 8.95 Å². The zero-order valence-electron chi connectivity index (χ0n) is 14.1. The Bertz CT molecular complexity index is 1070. The summed E-state index contributed by atoms with van der Waals surface area (Å²) in [4.78, 5) is 8.46. The lowest BCUT2D eigenvalue weighted by atomic mass is 10.1. The van der Waals surface area contributed by atoms with Crippen molar-refractivity contribution in [3.63, 3.8) is 0 Å². The van der Waals surface area contributed by atoms with Gasteiger partial charge in [0, 0.05) is 17.8 Å². The Morgan fingerprint density at radius 2 is 2.08 bits per heavy atom. The normalized spacial score (nSPS) is 16.7. The highest BCUT2D eigenvalue weighted by Gasteiger charge is 2.27. The summed E-state index contributed by atoms with van der Waals surface area (Å²) in [6.07, 6.45) is 5.07. The molecule has 1 fully saturated rings. The summed E-state index contributed by atoms with van der Waals surface area (Å²) in [5.74, 6) is 0.711. The van der Waals surface area contributed by atoms with Crippen LogP contribution >= 0.6 is 11.6 Å². The zero-order chi connectivity index (χ0) is 18.1. The first-order valence-corrected chi connectivity index (χ1v) is 10.4. The van der Waals surface area contributed by atoms with Crippen LogP contribution in [0, 0.1) is 0 Å². The molecule has 6 nitrogen and oxygen atoms in total. The van der Waals surface area contributed by atoms with Crippen LogP contribution in [0.5, 0.6) is 0 Å². The predicted octanol–water partition coefficient (Wildman–Crippen LogP) is 4.15. The molecule has 1 aliphatic heterocycles. The van der Waals surface area contributed by atoms with E-state index in [9.17, 15) is 4.21 Å². The zero-order valence-corrected chi connectivity index (χ0v) is 15.6. The van der Waals surface area contributed by atoms with Gasteiger partial charge in [-0.1, -0.05) is 11.6 Å². The van der Waals surface area contributed by atoms with Crippen LogP contribution in [0.2, 0.25) is 5.15 Å². The third kappa shape index (κ3) is 3.51. The van der Waals surface area contributed by atoms with Gasteiger partial charge in [0.15, 0.2) is 0 Å². The topological polar surface area (TPSA) is 76.5 Å². The Morgan fingerprint density at radius 3 is 2.77 bits per heavy atom. The molecule has 2 aromatic heterocycles. The predicted molar refractivity (Wildman–Crippen MR) is 105 cm³/mol. The van der Waals surface area contributed by atoms with Crippen molar-refractivity contribution in [2.45, 2.75) is 5.25 Å². The Morgan fingerprint density at radius 1 is 1.23 bits per heavy atom. The molecule has 3 heterocycles. The SMILES string of the molecule is C[S@](=O)(=Nc1ccc2c(Nc3ccc(Cl)nc3)nccc2c1)C1COC1. The third-order valence-electron chi connectivity index (χ3n) is 4.25. The molecule has 26 heavy (non-hydrogen) atoms. The van der Waals surface area contributed by atoms with Gasteiger partial charge in [0.05, 0.1) is 45.8 Å². The van der Waals surface area contributed by atoms with E-state index in [1.807, 2.05) is 30.3 Å². The minimum Gasteiger partial charge on any atom is -0.379 e. The van der Waals surface area contributed by atoms with Crippen LogP contribution < -0.4 is 5.32 Å². The summed E-state index contributed by atoms with van der Waals surface area (Å²) in [5, 5.41) is 5.59. The van der Waals surface area contributed by atoms with Crippen LogP contribution in [0.3, 0.4) is 0 Å². The summed E-state index contributed by atoms with van der Waals surface area (Å²) in [6.45, 7) is 1.03. The minimum atomic E-state index is -2.31. The molecule has 0 saturated carbocycles. The largest absolute Gasteiger partial charge is 0.379 e. The number of nitrogens with one attached hydrogen (secondary N) is 1. The summed E-state index contributed by atoms with van der Waals surface area (Å²) in [7, 11) is -2.31. The van der Waals surface area contributed by atoms with E-state index in [4.69, 9.17) is 16.3 Å². The second-order valence-electron chi connectivity index (χ2n) is 6.17. The Kier molecular flexibility index (Phi) is 4.52. The lowest BCUT2D eigenvalue weighted by Crippen LogP contribution is -2.39. The van der Waals surface area contributed by atoms with Gasteiger partial charge >= 0.3 is 0 Å². The molecule has 1 N–H and O–H groups in total. The van der Waals surface area contributed by atoms with Crippen molar-refractivity contribution in [2.75, 3.05) is 24.8 Å². The van der Waals surface area contributed by atoms with Crippen molar-refractivity contribution in [3.05, 3.63) is 53.9 Å². The van der Waals surface area contributed by atoms with Gasteiger partial charge in [0.2, 0.25) is 0 Å². The highest BCUT2D eigenvalue weighted by Crippen LogP contribution is 2.29. The van der Waals surface area contributed by atoms with Crippen LogP contribution in [0.15, 0.2) is 53.2 Å². The number of hydrogen-bond donors (Lipinski definition) is 1. The van der Waals surface area contributed by atoms with E-state index in [2.05, 4.69) is 19.6 Å². The maximum absolute atomic E-state index is 12.7. The molecule has 1 aliphatic rings. The van der Waals surface area contributed by atoms with Crippen LogP contribution in [0.1, 0.15) is 0 Å². The van der Waals surface area contributed by atoms with Crippen LogP contribution in [-0.4, -0.2) is 38.9 Å². The van der Waals surface area contributed by atoms with Gasteiger partial charge in [-0.3, -0.25) is 0 Å².